The Kier molecular flexibility index (Phi) is 13.9. The molecule has 0 saturated carbocycles. The molecule has 0 aromatic carbocycles. The Balaban J connectivity index is 3.01. The lowest BCUT2D eigenvalue weighted by molar-refractivity contribution is 0.557. The first-order valence-corrected chi connectivity index (χ1v) is 8.88. The fourth-order valence-electron chi connectivity index (χ4n) is 1.95. The van der Waals surface area contributed by atoms with E-state index < -0.39 is 10.8 Å². The lowest BCUT2D eigenvalue weighted by Crippen LogP contribution is -1.81. The molecule has 0 aliphatic heterocycles. The van der Waals surface area contributed by atoms with E-state index in [1.54, 1.807) is 11.7 Å². The van der Waals surface area contributed by atoms with Crippen molar-refractivity contribution in [3.63, 3.8) is 0 Å². The van der Waals surface area contributed by atoms with Crippen molar-refractivity contribution in [2.75, 3.05) is 6.26 Å². The summed E-state index contributed by atoms with van der Waals surface area (Å²) in [6.45, 7) is 2.27. The highest BCUT2D eigenvalue weighted by atomic mass is 32.2. The second-order valence-electron chi connectivity index (χ2n) is 4.84. The zero-order valence-electron chi connectivity index (χ0n) is 11.7. The monoisotopic (exact) mass is 258 g/mol. The maximum Gasteiger partial charge on any atom is 0.0421 e. The number of unbranched alkanes of at least 4 members (excludes halogenated alkanes) is 10. The Labute approximate surface area is 111 Å². The summed E-state index contributed by atoms with van der Waals surface area (Å²) in [4.78, 5) is 0. The highest BCUT2D eigenvalue weighted by Gasteiger charge is 1.91. The molecule has 0 N–H and O–H groups in total. The zero-order valence-corrected chi connectivity index (χ0v) is 12.6. The number of rotatable bonds is 12. The van der Waals surface area contributed by atoms with Gasteiger partial charge in [-0.05, 0) is 18.2 Å². The Hall–Kier alpha value is -0.110. The molecule has 2 heteroatoms. The zero-order chi connectivity index (χ0) is 12.8. The van der Waals surface area contributed by atoms with E-state index in [1.807, 2.05) is 0 Å². The van der Waals surface area contributed by atoms with Gasteiger partial charge in [-0.2, -0.15) is 0 Å². The molecule has 1 unspecified atom stereocenters. The van der Waals surface area contributed by atoms with Gasteiger partial charge in [-0.3, -0.25) is 4.21 Å². The van der Waals surface area contributed by atoms with Gasteiger partial charge in [-0.15, -0.1) is 0 Å². The minimum absolute atomic E-state index is 0.761. The van der Waals surface area contributed by atoms with E-state index in [-0.39, 0.29) is 0 Å². The summed E-state index contributed by atoms with van der Waals surface area (Å²) in [6.07, 6.45) is 18.7. The summed E-state index contributed by atoms with van der Waals surface area (Å²) in [6, 6.07) is 0. The third kappa shape index (κ3) is 15.9. The largest absolute Gasteiger partial charge is 0.255 e. The molecule has 0 aromatic heterocycles. The third-order valence-electron chi connectivity index (χ3n) is 3.01. The Morgan fingerprint density at radius 1 is 0.824 bits per heavy atom. The lowest BCUT2D eigenvalue weighted by Gasteiger charge is -2.01. The second-order valence-corrected chi connectivity index (χ2v) is 6.11. The normalized spacial score (nSPS) is 13.3. The molecule has 17 heavy (non-hydrogen) atoms. The molecule has 0 radical (unpaired) electrons. The highest BCUT2D eigenvalue weighted by Crippen LogP contribution is 2.11. The van der Waals surface area contributed by atoms with Crippen LogP contribution in [0.2, 0.25) is 0 Å². The van der Waals surface area contributed by atoms with Gasteiger partial charge in [0.2, 0.25) is 0 Å². The standard InChI is InChI=1S/C15H30OS/c1-3-4-5-6-7-8-9-10-11-12-13-14-15-17(2)16/h14-15H,3-13H2,1-2H3/b15-14+. The van der Waals surface area contributed by atoms with Crippen molar-refractivity contribution < 1.29 is 4.21 Å². The number of hydrogen-bond donors (Lipinski definition) is 0. The van der Waals surface area contributed by atoms with Crippen molar-refractivity contribution in [1.29, 1.82) is 0 Å². The molecular formula is C15H30OS. The molecule has 0 aliphatic rings. The van der Waals surface area contributed by atoms with Crippen molar-refractivity contribution in [3.05, 3.63) is 11.5 Å². The van der Waals surface area contributed by atoms with Crippen molar-refractivity contribution in [2.24, 2.45) is 0 Å². The third-order valence-corrected chi connectivity index (χ3v) is 3.59. The predicted octanol–water partition coefficient (Wildman–Crippen LogP) is 5.19. The molecule has 1 nitrogen and oxygen atoms in total. The van der Waals surface area contributed by atoms with E-state index in [9.17, 15) is 4.21 Å². The molecule has 0 bridgehead atoms. The molecule has 0 amide bonds. The molecule has 0 heterocycles. The van der Waals surface area contributed by atoms with Crippen LogP contribution < -0.4 is 0 Å². The first-order valence-electron chi connectivity index (χ1n) is 7.26. The van der Waals surface area contributed by atoms with E-state index in [4.69, 9.17) is 0 Å². The summed E-state index contributed by atoms with van der Waals surface area (Å²) in [5.74, 6) is 0. The van der Waals surface area contributed by atoms with Gasteiger partial charge >= 0.3 is 0 Å². The van der Waals surface area contributed by atoms with Gasteiger partial charge in [-0.25, -0.2) is 0 Å². The smallest absolute Gasteiger partial charge is 0.0421 e. The molecule has 0 aromatic rings. The second kappa shape index (κ2) is 14.0. The van der Waals surface area contributed by atoms with Crippen molar-refractivity contribution >= 4 is 10.8 Å². The van der Waals surface area contributed by atoms with Crippen molar-refractivity contribution in [1.82, 2.24) is 0 Å². The summed E-state index contributed by atoms with van der Waals surface area (Å²) in [5.41, 5.74) is 0. The SMILES string of the molecule is CCCCCCCCCCCC/C=C/S(C)=O. The van der Waals surface area contributed by atoms with Crippen LogP contribution in [0.25, 0.3) is 0 Å². The van der Waals surface area contributed by atoms with E-state index in [0.29, 0.717) is 0 Å². The average molecular weight is 258 g/mol. The van der Waals surface area contributed by atoms with Crippen LogP contribution in [0.15, 0.2) is 11.5 Å². The Morgan fingerprint density at radius 2 is 1.29 bits per heavy atom. The van der Waals surface area contributed by atoms with Gasteiger partial charge < -0.3 is 0 Å². The molecule has 0 spiro atoms. The fraction of sp³-hybridized carbons (Fsp3) is 0.867. The van der Waals surface area contributed by atoms with Crippen LogP contribution in [0.5, 0.6) is 0 Å². The average Bonchev–Trinajstić information content (AvgIpc) is 2.30. The minimum atomic E-state index is -0.761. The predicted molar refractivity (Wildman–Crippen MR) is 79.7 cm³/mol. The van der Waals surface area contributed by atoms with Gasteiger partial charge in [0.25, 0.3) is 0 Å². The summed E-state index contributed by atoms with van der Waals surface area (Å²) < 4.78 is 10.8. The van der Waals surface area contributed by atoms with Crippen LogP contribution in [0, 0.1) is 0 Å². The molecule has 1 atom stereocenters. The van der Waals surface area contributed by atoms with Gasteiger partial charge in [-0.1, -0.05) is 70.8 Å². The maximum atomic E-state index is 10.8. The summed E-state index contributed by atoms with van der Waals surface area (Å²) in [5, 5.41) is 1.80. The van der Waals surface area contributed by atoms with E-state index >= 15 is 0 Å². The first kappa shape index (κ1) is 16.9. The van der Waals surface area contributed by atoms with Gasteiger partial charge in [0, 0.05) is 17.1 Å². The van der Waals surface area contributed by atoms with Crippen molar-refractivity contribution in [3.8, 4) is 0 Å². The van der Waals surface area contributed by atoms with Crippen LogP contribution >= 0.6 is 0 Å². The van der Waals surface area contributed by atoms with Crippen LogP contribution in [-0.2, 0) is 10.8 Å². The van der Waals surface area contributed by atoms with Crippen molar-refractivity contribution in [2.45, 2.75) is 77.6 Å². The van der Waals surface area contributed by atoms with E-state index in [1.165, 1.54) is 64.2 Å². The molecule has 102 valence electrons. The van der Waals surface area contributed by atoms with Crippen LogP contribution in [-0.4, -0.2) is 10.5 Å². The Morgan fingerprint density at radius 3 is 1.76 bits per heavy atom. The molecule has 0 aliphatic carbocycles. The highest BCUT2D eigenvalue weighted by molar-refractivity contribution is 7.87. The summed E-state index contributed by atoms with van der Waals surface area (Å²) in [7, 11) is -0.761. The lowest BCUT2D eigenvalue weighted by atomic mass is 10.1. The minimum Gasteiger partial charge on any atom is -0.255 e. The molecule has 0 saturated heterocycles. The van der Waals surface area contributed by atoms with E-state index in [2.05, 4.69) is 13.0 Å². The van der Waals surface area contributed by atoms with E-state index in [0.717, 1.165) is 6.42 Å². The van der Waals surface area contributed by atoms with Gasteiger partial charge in [0.1, 0.15) is 0 Å². The maximum absolute atomic E-state index is 10.8. The van der Waals surface area contributed by atoms with Crippen LogP contribution in [0.1, 0.15) is 77.6 Å². The number of allylic oxidation sites excluding steroid dienone is 1. The molecular weight excluding hydrogens is 228 g/mol. The van der Waals surface area contributed by atoms with Gasteiger partial charge in [0.15, 0.2) is 0 Å². The molecule has 0 rings (SSSR count). The first-order chi connectivity index (χ1) is 8.27. The van der Waals surface area contributed by atoms with Crippen LogP contribution in [0.3, 0.4) is 0 Å². The Bertz CT molecular complexity index is 199. The quantitative estimate of drug-likeness (QED) is 0.440. The van der Waals surface area contributed by atoms with Crippen LogP contribution in [0.4, 0.5) is 0 Å². The fourth-order valence-corrected chi connectivity index (χ4v) is 2.36. The molecule has 0 fully saturated rings. The topological polar surface area (TPSA) is 17.1 Å². The van der Waals surface area contributed by atoms with Gasteiger partial charge in [0.05, 0.1) is 0 Å². The summed E-state index contributed by atoms with van der Waals surface area (Å²) >= 11 is 0. The number of hydrogen-bond acceptors (Lipinski definition) is 1.